The molecule has 0 radical (unpaired) electrons. The van der Waals surface area contributed by atoms with E-state index < -0.39 is 186 Å². The minimum absolute atomic E-state index is 0. The topological polar surface area (TPSA) is 595 Å². The Morgan fingerprint density at radius 1 is 0.474 bits per heavy atom. The number of anilines is 3. The van der Waals surface area contributed by atoms with Crippen molar-refractivity contribution in [1.29, 1.82) is 0 Å². The Balaban J connectivity index is 0.00000470. The van der Waals surface area contributed by atoms with Crippen LogP contribution in [0.3, 0.4) is 0 Å². The van der Waals surface area contributed by atoms with Gasteiger partial charge in [0, 0.05) is 27.4 Å². The fourth-order valence-electron chi connectivity index (χ4n) is 8.11. The van der Waals surface area contributed by atoms with Crippen molar-refractivity contribution in [3.8, 4) is 11.5 Å². The van der Waals surface area contributed by atoms with Crippen molar-refractivity contribution >= 4 is 160 Å². The summed E-state index contributed by atoms with van der Waals surface area (Å²) in [6, 6.07) is 17.0. The quantitative estimate of drug-likeness (QED) is 0.0179. The van der Waals surface area contributed by atoms with E-state index in [0.717, 1.165) is 78.9 Å². The van der Waals surface area contributed by atoms with Crippen LogP contribution in [0.4, 0.5) is 62.6 Å². The summed E-state index contributed by atoms with van der Waals surface area (Å²) in [5, 5.41) is 66.7. The van der Waals surface area contributed by atoms with Gasteiger partial charge in [-0.2, -0.15) is 32.2 Å². The van der Waals surface area contributed by atoms with Crippen LogP contribution in [-0.4, -0.2) is 105 Å². The summed E-state index contributed by atoms with van der Waals surface area (Å²) < 4.78 is 232. The van der Waals surface area contributed by atoms with E-state index in [1.165, 1.54) is 0 Å². The number of sulfone groups is 2. The molecule has 0 bridgehead atoms. The number of amides is 1. The second kappa shape index (κ2) is 32.7. The number of nitrogens with zero attached hydrogens (tertiary/aromatic N) is 8. The number of carbonyl (C=O) groups excluding carboxylic acids is 1. The summed E-state index contributed by atoms with van der Waals surface area (Å²) in [5.41, 5.74) is 3.94. The van der Waals surface area contributed by atoms with Gasteiger partial charge < -0.3 is 45.8 Å². The molecular formula is C49H34N11Na5O23S7. The minimum Gasteiger partial charge on any atom is -0.870 e. The zero-order valence-corrected chi connectivity index (χ0v) is 65.0. The number of hydrogen-bond acceptors (Lipinski definition) is 31. The summed E-state index contributed by atoms with van der Waals surface area (Å²) in [7, 11) is -35.6. The molecule has 0 heterocycles. The molecule has 0 fully saturated rings. The summed E-state index contributed by atoms with van der Waals surface area (Å²) >= 11 is 0. The third-order valence-electron chi connectivity index (χ3n) is 12.3. The second-order valence-electron chi connectivity index (χ2n) is 18.1. The smallest absolute Gasteiger partial charge is 0.870 e. The zero-order valence-electron chi connectivity index (χ0n) is 49.3. The predicted octanol–water partition coefficient (Wildman–Crippen LogP) is -8.87. The van der Waals surface area contributed by atoms with E-state index in [2.05, 4.69) is 52.8 Å². The average molecular weight is 1480 g/mol. The van der Waals surface area contributed by atoms with Crippen LogP contribution in [0.5, 0.6) is 11.5 Å². The molecule has 470 valence electrons. The van der Waals surface area contributed by atoms with Gasteiger partial charge in [-0.1, -0.05) is 18.1 Å². The monoisotopic (exact) mass is 1480 g/mol. The van der Waals surface area contributed by atoms with Gasteiger partial charge in [-0.25, -0.2) is 42.1 Å². The van der Waals surface area contributed by atoms with Gasteiger partial charge in [0.15, 0.2) is 19.7 Å². The molecule has 0 saturated carbocycles. The molecule has 95 heavy (non-hydrogen) atoms. The first kappa shape index (κ1) is 84.7. The Hall–Kier alpha value is -4.50. The summed E-state index contributed by atoms with van der Waals surface area (Å²) in [6.45, 7) is 2.51. The number of aliphatic hydroxyl groups is 1. The number of rotatable bonds is 20. The second-order valence-corrected chi connectivity index (χ2v) is 28.9. The molecule has 34 nitrogen and oxygen atoms in total. The maximum atomic E-state index is 14.1. The largest absolute Gasteiger partial charge is 1.00 e. The van der Waals surface area contributed by atoms with Gasteiger partial charge in [-0.15, -0.1) is 25.6 Å². The number of benzene rings is 8. The van der Waals surface area contributed by atoms with Crippen LogP contribution in [0, 0.1) is 0 Å². The van der Waals surface area contributed by atoms with E-state index in [1.54, 1.807) is 0 Å². The Labute approximate surface area is 649 Å². The van der Waals surface area contributed by atoms with Crippen molar-refractivity contribution < 1.29 is 250 Å². The molecule has 8 aromatic carbocycles. The molecule has 0 aromatic heterocycles. The maximum Gasteiger partial charge on any atom is 1.00 e. The van der Waals surface area contributed by atoms with Crippen molar-refractivity contribution in [2.45, 2.75) is 34.3 Å². The first-order chi connectivity index (χ1) is 41.7. The van der Waals surface area contributed by atoms with Crippen molar-refractivity contribution in [3.05, 3.63) is 133 Å². The number of carbonyl (C=O) groups is 1. The fourth-order valence-corrected chi connectivity index (χ4v) is 13.1. The Kier molecular flexibility index (Phi) is 29.1. The Morgan fingerprint density at radius 2 is 0.832 bits per heavy atom. The molecule has 8 aromatic rings. The molecule has 0 aliphatic heterocycles. The Morgan fingerprint density at radius 3 is 1.20 bits per heavy atom. The minimum atomic E-state index is -5.62. The van der Waals surface area contributed by atoms with Crippen LogP contribution in [0.15, 0.2) is 202 Å². The van der Waals surface area contributed by atoms with E-state index in [-0.39, 0.29) is 186 Å². The normalized spacial score (nSPS) is 12.4. The molecule has 0 saturated heterocycles. The average Bonchev–Trinajstić information content (AvgIpc) is 0.747. The number of nitrogen functional groups attached to an aromatic ring is 2. The van der Waals surface area contributed by atoms with Gasteiger partial charge in [0.2, 0.25) is 0 Å². The number of aliphatic hydroxyl groups excluding tert-OH is 1. The fraction of sp³-hybridized carbons (Fsp3) is 0.0408. The van der Waals surface area contributed by atoms with Gasteiger partial charge in [-0.3, -0.25) is 13.9 Å². The van der Waals surface area contributed by atoms with Crippen LogP contribution in [0.25, 0.3) is 21.5 Å². The van der Waals surface area contributed by atoms with E-state index in [0.29, 0.717) is 41.8 Å². The van der Waals surface area contributed by atoms with Crippen LogP contribution >= 0.6 is 0 Å². The van der Waals surface area contributed by atoms with E-state index >= 15 is 0 Å². The van der Waals surface area contributed by atoms with Crippen LogP contribution in [0.2, 0.25) is 0 Å². The summed E-state index contributed by atoms with van der Waals surface area (Å²) in [5.74, 6) is -4.67. The SMILES string of the molecule is C=CS(=O)(=O)c1ccc(N=Nc2c(S(=O)(=O)[O-])cc3cc(S(=O)(=O)O)c(N=Nc4cc(NC(=O)c5ccc(N=Nc6c(S(=O)(=O)O)cc7cc(S(=O)(=O)[O-])c(N=Nc8ccc(S(=O)(=O)CCO)cc8)c(N)c7c6[O-])cc5)ccc4S(=O)(=O)[O-])c([O-])c3c2N)cc1.[Na+].[Na+].[Na+].[Na+].[Na+]. The predicted molar refractivity (Wildman–Crippen MR) is 306 cm³/mol. The molecule has 0 aliphatic carbocycles. The molecular weight excluding hydrogens is 1450 g/mol. The van der Waals surface area contributed by atoms with Gasteiger partial charge in [0.25, 0.3) is 26.1 Å². The number of nitrogens with one attached hydrogen (secondary N) is 1. The van der Waals surface area contributed by atoms with Crippen molar-refractivity contribution in [2.75, 3.05) is 29.1 Å². The molecule has 8 N–H and O–H groups in total. The first-order valence-electron chi connectivity index (χ1n) is 23.9. The molecule has 8 rings (SSSR count). The third-order valence-corrected chi connectivity index (χ3v) is 19.7. The van der Waals surface area contributed by atoms with Crippen LogP contribution < -0.4 is 175 Å². The standard InChI is InChI=1S/C49H39N11O23S7.5Na/c1-2-84(65,66)31-12-7-28(8-13-31)53-57-44-36(88(75,76)77)20-26-22-38(90(81,82)83)46(48(63)40(26)42(44)51)60-56-33-23-30(11-16-34(33)86(69,70)71)52-49(64)24-3-5-27(6-4-24)55-59-45-37(89(78,79)80)21-25-19-35(87(72,73)74)43(41(50)39(25)47(45)62)58-54-29-9-14-32(15-10-29)85(67,68)18-17-61;;;;;/h2-16,19-23,61-63H,1,17-18,50-51H2,(H,52,64)(H,69,70,71)(H,72,73,74)(H,75,76,77)(H,78,79,80)(H,81,82,83);;;;;/q;5*+1/p-5. The number of hydrogen-bond donors (Lipinski definition) is 6. The molecule has 0 unspecified atom stereocenters. The molecule has 46 heteroatoms. The van der Waals surface area contributed by atoms with E-state index in [1.807, 2.05) is 0 Å². The summed E-state index contributed by atoms with van der Waals surface area (Å²) in [4.78, 5) is 6.65. The number of azo groups is 4. The molecule has 0 spiro atoms. The van der Waals surface area contributed by atoms with Crippen molar-refractivity contribution in [2.24, 2.45) is 40.9 Å². The van der Waals surface area contributed by atoms with E-state index in [4.69, 9.17) is 16.6 Å². The number of nitrogens with two attached hydrogens (primary N) is 2. The molecule has 0 atom stereocenters. The third kappa shape index (κ3) is 19.5. The van der Waals surface area contributed by atoms with Gasteiger partial charge >= 0.3 is 148 Å². The zero-order chi connectivity index (χ0) is 66.4. The van der Waals surface area contributed by atoms with Crippen molar-refractivity contribution in [3.63, 3.8) is 0 Å². The summed E-state index contributed by atoms with van der Waals surface area (Å²) in [6.07, 6.45) is 0. The number of fused-ring (bicyclic) bond motifs is 2. The van der Waals surface area contributed by atoms with Crippen molar-refractivity contribution in [1.82, 2.24) is 0 Å². The maximum absolute atomic E-state index is 14.1. The Bertz CT molecular complexity index is 5380. The van der Waals surface area contributed by atoms with E-state index in [9.17, 15) is 96.7 Å². The van der Waals surface area contributed by atoms with Gasteiger partial charge in [-0.05, 0) is 126 Å². The molecule has 0 aliphatic rings. The van der Waals surface area contributed by atoms with Crippen LogP contribution in [-0.2, 0) is 70.3 Å². The molecule has 1 amide bonds. The van der Waals surface area contributed by atoms with Crippen LogP contribution in [0.1, 0.15) is 10.4 Å². The first-order valence-corrected chi connectivity index (χ1v) is 34.2. The van der Waals surface area contributed by atoms with Gasteiger partial charge in [0.1, 0.15) is 57.2 Å². The van der Waals surface area contributed by atoms with Gasteiger partial charge in [0.05, 0.1) is 76.6 Å².